The lowest BCUT2D eigenvalue weighted by Crippen LogP contribution is -2.31. The van der Waals surface area contributed by atoms with Crippen molar-refractivity contribution in [2.75, 3.05) is 0 Å². The molecule has 3 rings (SSSR count). The Morgan fingerprint density at radius 1 is 1.16 bits per heavy atom. The number of H-pyrrole nitrogens is 1. The lowest BCUT2D eigenvalue weighted by Gasteiger charge is -2.26. The minimum atomic E-state index is -0.0623. The molecular formula is C15H18N2O2. The molecule has 0 atom stereocenters. The molecule has 3 N–H and O–H groups in total. The minimum absolute atomic E-state index is 0.0623. The van der Waals surface area contributed by atoms with Gasteiger partial charge in [-0.25, -0.2) is 0 Å². The Hall–Kier alpha value is -1.81. The molecule has 0 aliphatic heterocycles. The van der Waals surface area contributed by atoms with Gasteiger partial charge in [-0.2, -0.15) is 0 Å². The summed E-state index contributed by atoms with van der Waals surface area (Å²) in [5, 5.41) is 1.61. The molecule has 19 heavy (non-hydrogen) atoms. The van der Waals surface area contributed by atoms with E-state index in [9.17, 15) is 4.79 Å². The molecule has 1 saturated carbocycles. The van der Waals surface area contributed by atoms with Gasteiger partial charge in [-0.3, -0.25) is 4.79 Å². The average Bonchev–Trinajstić information content (AvgIpc) is 2.42. The number of nitrogens with two attached hydrogens (primary N) is 1. The predicted molar refractivity (Wildman–Crippen MR) is 75.4 cm³/mol. The number of nitrogens with one attached hydrogen (secondary N) is 1. The van der Waals surface area contributed by atoms with E-state index in [0.29, 0.717) is 11.4 Å². The molecule has 0 radical (unpaired) electrons. The highest BCUT2D eigenvalue weighted by molar-refractivity contribution is 5.82. The zero-order valence-corrected chi connectivity index (χ0v) is 10.8. The molecule has 1 aromatic heterocycles. The van der Waals surface area contributed by atoms with Gasteiger partial charge >= 0.3 is 0 Å². The smallest absolute Gasteiger partial charge is 0.255 e. The Labute approximate surface area is 111 Å². The van der Waals surface area contributed by atoms with Crippen molar-refractivity contribution in [1.29, 1.82) is 0 Å². The number of aromatic nitrogens is 1. The second kappa shape index (κ2) is 5.05. The number of hydrogen-bond acceptors (Lipinski definition) is 3. The van der Waals surface area contributed by atoms with E-state index in [-0.39, 0.29) is 11.7 Å². The van der Waals surface area contributed by atoms with Crippen LogP contribution in [0.4, 0.5) is 0 Å². The monoisotopic (exact) mass is 258 g/mol. The zero-order chi connectivity index (χ0) is 13.2. The number of pyridine rings is 1. The molecule has 100 valence electrons. The summed E-state index contributed by atoms with van der Waals surface area (Å²) in [5.41, 5.74) is 5.83. The molecule has 4 nitrogen and oxygen atoms in total. The van der Waals surface area contributed by atoms with Crippen LogP contribution in [-0.4, -0.2) is 17.1 Å². The Kier molecular flexibility index (Phi) is 3.25. The van der Waals surface area contributed by atoms with Crippen LogP contribution in [0.2, 0.25) is 0 Å². The molecule has 0 bridgehead atoms. The van der Waals surface area contributed by atoms with Crippen molar-refractivity contribution in [3.8, 4) is 5.75 Å². The van der Waals surface area contributed by atoms with Gasteiger partial charge in [-0.15, -0.1) is 0 Å². The van der Waals surface area contributed by atoms with Crippen molar-refractivity contribution in [3.63, 3.8) is 0 Å². The van der Waals surface area contributed by atoms with E-state index in [0.717, 1.165) is 36.8 Å². The van der Waals surface area contributed by atoms with Crippen LogP contribution < -0.4 is 16.0 Å². The standard InChI is InChI=1S/C15H18N2O2/c16-11-1-3-12(4-2-11)19-13-5-6-14-10(9-13)7-8-17-15(14)18/h5-9,11-12H,1-4,16H2,(H,17,18). The third-order valence-corrected chi connectivity index (χ3v) is 3.77. The van der Waals surface area contributed by atoms with Gasteiger partial charge in [0.2, 0.25) is 0 Å². The van der Waals surface area contributed by atoms with Gasteiger partial charge in [0.05, 0.1) is 6.10 Å². The number of rotatable bonds is 2. The quantitative estimate of drug-likeness (QED) is 0.867. The SMILES string of the molecule is NC1CCC(Oc2ccc3c(=O)[nH]ccc3c2)CC1. The van der Waals surface area contributed by atoms with Gasteiger partial charge in [0.15, 0.2) is 0 Å². The molecule has 0 unspecified atom stereocenters. The van der Waals surface area contributed by atoms with Gasteiger partial charge in [-0.1, -0.05) is 0 Å². The van der Waals surface area contributed by atoms with Crippen molar-refractivity contribution < 1.29 is 4.74 Å². The molecule has 1 aliphatic rings. The van der Waals surface area contributed by atoms with Crippen LogP contribution in [0, 0.1) is 0 Å². The molecule has 1 aromatic carbocycles. The van der Waals surface area contributed by atoms with Gasteiger partial charge in [-0.05, 0) is 55.3 Å². The van der Waals surface area contributed by atoms with Crippen LogP contribution in [0.5, 0.6) is 5.75 Å². The second-order valence-electron chi connectivity index (χ2n) is 5.21. The number of benzene rings is 1. The van der Waals surface area contributed by atoms with Crippen molar-refractivity contribution in [1.82, 2.24) is 4.98 Å². The van der Waals surface area contributed by atoms with Crippen LogP contribution in [0.15, 0.2) is 35.3 Å². The first-order valence-electron chi connectivity index (χ1n) is 6.76. The van der Waals surface area contributed by atoms with Crippen LogP contribution in [0.25, 0.3) is 10.8 Å². The molecule has 2 aromatic rings. The number of hydrogen-bond donors (Lipinski definition) is 2. The van der Waals surface area contributed by atoms with E-state index < -0.39 is 0 Å². The van der Waals surface area contributed by atoms with E-state index in [1.165, 1.54) is 0 Å². The van der Waals surface area contributed by atoms with Crippen LogP contribution in [0.3, 0.4) is 0 Å². The zero-order valence-electron chi connectivity index (χ0n) is 10.8. The Balaban J connectivity index is 1.80. The molecule has 1 heterocycles. The second-order valence-corrected chi connectivity index (χ2v) is 5.21. The number of aromatic amines is 1. The minimum Gasteiger partial charge on any atom is -0.490 e. The molecule has 1 fully saturated rings. The largest absolute Gasteiger partial charge is 0.490 e. The Morgan fingerprint density at radius 2 is 1.95 bits per heavy atom. The third kappa shape index (κ3) is 2.63. The maximum Gasteiger partial charge on any atom is 0.255 e. The molecule has 1 aliphatic carbocycles. The Bertz CT molecular complexity index is 627. The summed E-state index contributed by atoms with van der Waals surface area (Å²) >= 11 is 0. The summed E-state index contributed by atoms with van der Waals surface area (Å²) in [4.78, 5) is 14.3. The fraction of sp³-hybridized carbons (Fsp3) is 0.400. The fourth-order valence-electron chi connectivity index (χ4n) is 2.64. The molecule has 0 saturated heterocycles. The van der Waals surface area contributed by atoms with Gasteiger partial charge in [0.25, 0.3) is 5.56 Å². The first-order valence-corrected chi connectivity index (χ1v) is 6.76. The maximum absolute atomic E-state index is 11.6. The average molecular weight is 258 g/mol. The third-order valence-electron chi connectivity index (χ3n) is 3.77. The summed E-state index contributed by atoms with van der Waals surface area (Å²) < 4.78 is 5.98. The highest BCUT2D eigenvalue weighted by Crippen LogP contribution is 2.24. The lowest BCUT2D eigenvalue weighted by molar-refractivity contribution is 0.147. The molecule has 0 spiro atoms. The summed E-state index contributed by atoms with van der Waals surface area (Å²) in [5.74, 6) is 0.832. The van der Waals surface area contributed by atoms with E-state index in [4.69, 9.17) is 10.5 Å². The molecule has 4 heteroatoms. The summed E-state index contributed by atoms with van der Waals surface area (Å²) in [6, 6.07) is 7.83. The first-order chi connectivity index (χ1) is 9.22. The van der Waals surface area contributed by atoms with Gasteiger partial charge < -0.3 is 15.5 Å². The molecule has 0 amide bonds. The summed E-state index contributed by atoms with van der Waals surface area (Å²) in [6.07, 6.45) is 5.98. The topological polar surface area (TPSA) is 68.1 Å². The maximum atomic E-state index is 11.6. The summed E-state index contributed by atoms with van der Waals surface area (Å²) in [6.45, 7) is 0. The lowest BCUT2D eigenvalue weighted by atomic mass is 9.94. The van der Waals surface area contributed by atoms with Gasteiger partial charge in [0.1, 0.15) is 5.75 Å². The normalized spacial score (nSPS) is 23.4. The summed E-state index contributed by atoms with van der Waals surface area (Å²) in [7, 11) is 0. The van der Waals surface area contributed by atoms with Crippen LogP contribution in [0.1, 0.15) is 25.7 Å². The van der Waals surface area contributed by atoms with Crippen molar-refractivity contribution in [3.05, 3.63) is 40.8 Å². The Morgan fingerprint density at radius 3 is 2.74 bits per heavy atom. The van der Waals surface area contributed by atoms with Crippen molar-refractivity contribution >= 4 is 10.8 Å². The highest BCUT2D eigenvalue weighted by atomic mass is 16.5. The highest BCUT2D eigenvalue weighted by Gasteiger charge is 2.19. The molecular weight excluding hydrogens is 240 g/mol. The van der Waals surface area contributed by atoms with E-state index in [1.54, 1.807) is 6.20 Å². The van der Waals surface area contributed by atoms with E-state index in [2.05, 4.69) is 4.98 Å². The van der Waals surface area contributed by atoms with Gasteiger partial charge in [0, 0.05) is 17.6 Å². The van der Waals surface area contributed by atoms with Crippen LogP contribution in [-0.2, 0) is 0 Å². The predicted octanol–water partition coefficient (Wildman–Crippen LogP) is 2.18. The number of ether oxygens (including phenoxy) is 1. The number of fused-ring (bicyclic) bond motifs is 1. The van der Waals surface area contributed by atoms with E-state index in [1.807, 2.05) is 24.3 Å². The first kappa shape index (κ1) is 12.2. The van der Waals surface area contributed by atoms with Crippen molar-refractivity contribution in [2.45, 2.75) is 37.8 Å². The van der Waals surface area contributed by atoms with Crippen molar-refractivity contribution in [2.24, 2.45) is 5.73 Å². The fourth-order valence-corrected chi connectivity index (χ4v) is 2.64. The van der Waals surface area contributed by atoms with E-state index >= 15 is 0 Å². The van der Waals surface area contributed by atoms with Crippen LogP contribution >= 0.6 is 0 Å².